The van der Waals surface area contributed by atoms with Crippen LogP contribution in [0.5, 0.6) is 0 Å². The molecule has 1 heterocycles. The molecule has 1 aromatic heterocycles. The van der Waals surface area contributed by atoms with Crippen molar-refractivity contribution in [3.63, 3.8) is 0 Å². The number of thiophene rings is 1. The summed E-state index contributed by atoms with van der Waals surface area (Å²) in [6.45, 7) is 1.44. The fraction of sp³-hybridized carbons (Fsp3) is 0.562. The SMILES string of the molecule is CNC(=O)NC(=O)[C@H](C)OC(=O)c1cc2c(s1)CCCCCC2. The zero-order valence-electron chi connectivity index (χ0n) is 13.4. The number of rotatable bonds is 3. The molecule has 0 bridgehead atoms. The highest BCUT2D eigenvalue weighted by Crippen LogP contribution is 2.29. The van der Waals surface area contributed by atoms with Crippen LogP contribution in [0.25, 0.3) is 0 Å². The van der Waals surface area contributed by atoms with Gasteiger partial charge in [-0.1, -0.05) is 12.8 Å². The average Bonchev–Trinajstić information content (AvgIpc) is 2.89. The number of carbonyl (C=O) groups is 3. The van der Waals surface area contributed by atoms with Crippen LogP contribution < -0.4 is 10.6 Å². The summed E-state index contributed by atoms with van der Waals surface area (Å²) >= 11 is 1.45. The van der Waals surface area contributed by atoms with Crippen LogP contribution >= 0.6 is 11.3 Å². The van der Waals surface area contributed by atoms with E-state index in [9.17, 15) is 14.4 Å². The Labute approximate surface area is 139 Å². The van der Waals surface area contributed by atoms with E-state index in [1.807, 2.05) is 6.07 Å². The molecule has 0 saturated carbocycles. The molecule has 0 spiro atoms. The van der Waals surface area contributed by atoms with Crippen molar-refractivity contribution < 1.29 is 19.1 Å². The summed E-state index contributed by atoms with van der Waals surface area (Å²) in [7, 11) is 1.40. The lowest BCUT2D eigenvalue weighted by Gasteiger charge is -2.11. The normalized spacial score (nSPS) is 15.6. The van der Waals surface area contributed by atoms with Gasteiger partial charge in [-0.25, -0.2) is 9.59 Å². The first-order chi connectivity index (χ1) is 11.0. The van der Waals surface area contributed by atoms with Crippen LogP contribution in [-0.4, -0.2) is 31.1 Å². The molecule has 0 fully saturated rings. The molecule has 126 valence electrons. The van der Waals surface area contributed by atoms with Crippen molar-refractivity contribution in [2.45, 2.75) is 51.6 Å². The second kappa shape index (κ2) is 8.10. The lowest BCUT2D eigenvalue weighted by molar-refractivity contribution is -0.127. The summed E-state index contributed by atoms with van der Waals surface area (Å²) in [6.07, 6.45) is 5.71. The number of ether oxygens (including phenoxy) is 1. The smallest absolute Gasteiger partial charge is 0.349 e. The van der Waals surface area contributed by atoms with E-state index in [-0.39, 0.29) is 0 Å². The van der Waals surface area contributed by atoms with Crippen molar-refractivity contribution in [2.24, 2.45) is 0 Å². The highest BCUT2D eigenvalue weighted by molar-refractivity contribution is 7.14. The Morgan fingerprint density at radius 1 is 1.17 bits per heavy atom. The van der Waals surface area contributed by atoms with E-state index in [1.54, 1.807) is 0 Å². The topological polar surface area (TPSA) is 84.5 Å². The molecule has 1 atom stereocenters. The fourth-order valence-electron chi connectivity index (χ4n) is 2.49. The molecular weight excluding hydrogens is 316 g/mol. The molecule has 1 aliphatic rings. The highest BCUT2D eigenvalue weighted by atomic mass is 32.1. The van der Waals surface area contributed by atoms with Gasteiger partial charge in [0.25, 0.3) is 5.91 Å². The number of imide groups is 1. The lowest BCUT2D eigenvalue weighted by Crippen LogP contribution is -2.43. The molecule has 0 unspecified atom stereocenters. The molecule has 0 radical (unpaired) electrons. The minimum atomic E-state index is -1.02. The first-order valence-electron chi connectivity index (χ1n) is 7.86. The van der Waals surface area contributed by atoms with Gasteiger partial charge in [0, 0.05) is 11.9 Å². The molecule has 2 rings (SSSR count). The van der Waals surface area contributed by atoms with E-state index in [4.69, 9.17) is 4.74 Å². The zero-order chi connectivity index (χ0) is 16.8. The summed E-state index contributed by atoms with van der Waals surface area (Å²) in [5, 5.41) is 4.36. The Bertz CT molecular complexity index is 571. The lowest BCUT2D eigenvalue weighted by atomic mass is 10.00. The van der Waals surface area contributed by atoms with Gasteiger partial charge in [0.05, 0.1) is 0 Å². The standard InChI is InChI=1S/C16H22N2O4S/c1-10(14(19)18-16(21)17-2)22-15(20)13-9-11-7-5-3-4-6-8-12(11)23-13/h9-10H,3-8H2,1-2H3,(H2,17,18,19,21)/t10-/m0/s1. The van der Waals surface area contributed by atoms with Crippen LogP contribution in [0, 0.1) is 0 Å². The first-order valence-corrected chi connectivity index (χ1v) is 8.68. The summed E-state index contributed by atoms with van der Waals surface area (Å²) in [4.78, 5) is 36.8. The number of carbonyl (C=O) groups excluding carboxylic acids is 3. The van der Waals surface area contributed by atoms with Crippen LogP contribution in [0.3, 0.4) is 0 Å². The summed E-state index contributed by atoms with van der Waals surface area (Å²) in [5.41, 5.74) is 1.23. The Hall–Kier alpha value is -1.89. The summed E-state index contributed by atoms with van der Waals surface area (Å²) < 4.78 is 5.16. The predicted octanol–water partition coefficient (Wildman–Crippen LogP) is 2.41. The third-order valence-corrected chi connectivity index (χ3v) is 5.03. The zero-order valence-corrected chi connectivity index (χ0v) is 14.3. The van der Waals surface area contributed by atoms with E-state index in [0.717, 1.165) is 25.7 Å². The monoisotopic (exact) mass is 338 g/mol. The maximum absolute atomic E-state index is 12.2. The van der Waals surface area contributed by atoms with Gasteiger partial charge in [0.2, 0.25) is 0 Å². The number of hydrogen-bond acceptors (Lipinski definition) is 5. The third kappa shape index (κ3) is 4.79. The van der Waals surface area contributed by atoms with Gasteiger partial charge in [-0.05, 0) is 44.2 Å². The third-order valence-electron chi connectivity index (χ3n) is 3.81. The van der Waals surface area contributed by atoms with Gasteiger partial charge >= 0.3 is 12.0 Å². The summed E-state index contributed by atoms with van der Waals surface area (Å²) in [6, 6.07) is 1.26. The molecule has 1 aliphatic carbocycles. The van der Waals surface area contributed by atoms with Crippen LogP contribution in [0.15, 0.2) is 6.07 Å². The van der Waals surface area contributed by atoms with Crippen LogP contribution in [0.4, 0.5) is 4.79 Å². The van der Waals surface area contributed by atoms with Crippen LogP contribution in [0.2, 0.25) is 0 Å². The van der Waals surface area contributed by atoms with E-state index in [1.165, 1.54) is 48.6 Å². The molecule has 3 amide bonds. The van der Waals surface area contributed by atoms with Crippen LogP contribution in [0.1, 0.15) is 52.7 Å². The number of esters is 1. The van der Waals surface area contributed by atoms with E-state index in [0.29, 0.717) is 4.88 Å². The Kier molecular flexibility index (Phi) is 6.15. The minimum Gasteiger partial charge on any atom is -0.448 e. The van der Waals surface area contributed by atoms with Gasteiger partial charge in [-0.2, -0.15) is 0 Å². The molecule has 6 nitrogen and oxygen atoms in total. The molecule has 23 heavy (non-hydrogen) atoms. The Morgan fingerprint density at radius 2 is 1.87 bits per heavy atom. The van der Waals surface area contributed by atoms with Gasteiger partial charge in [-0.3, -0.25) is 10.1 Å². The maximum Gasteiger partial charge on any atom is 0.349 e. The van der Waals surface area contributed by atoms with Gasteiger partial charge < -0.3 is 10.1 Å². The first kappa shape index (κ1) is 17.5. The van der Waals surface area contributed by atoms with Crippen molar-refractivity contribution in [2.75, 3.05) is 7.05 Å². The van der Waals surface area contributed by atoms with Gasteiger partial charge in [0.15, 0.2) is 6.10 Å². The second-order valence-electron chi connectivity index (χ2n) is 5.59. The number of fused-ring (bicyclic) bond motifs is 1. The van der Waals surface area contributed by atoms with Crippen molar-refractivity contribution >= 4 is 29.2 Å². The minimum absolute atomic E-state index is 0.513. The number of hydrogen-bond donors (Lipinski definition) is 2. The molecule has 1 aromatic rings. The summed E-state index contributed by atoms with van der Waals surface area (Å²) in [5.74, 6) is -1.16. The molecule has 2 N–H and O–H groups in total. The van der Waals surface area contributed by atoms with E-state index >= 15 is 0 Å². The predicted molar refractivity (Wildman–Crippen MR) is 87.7 cm³/mol. The molecule has 0 aromatic carbocycles. The number of nitrogens with one attached hydrogen (secondary N) is 2. The molecule has 7 heteroatoms. The quantitative estimate of drug-likeness (QED) is 0.829. The van der Waals surface area contributed by atoms with Gasteiger partial charge in [0.1, 0.15) is 4.88 Å². The number of amides is 3. The van der Waals surface area contributed by atoms with Crippen molar-refractivity contribution in [3.05, 3.63) is 21.4 Å². The number of aryl methyl sites for hydroxylation is 2. The van der Waals surface area contributed by atoms with Crippen molar-refractivity contribution in [3.8, 4) is 0 Å². The maximum atomic E-state index is 12.2. The Morgan fingerprint density at radius 3 is 2.57 bits per heavy atom. The van der Waals surface area contributed by atoms with Crippen molar-refractivity contribution in [1.29, 1.82) is 0 Å². The van der Waals surface area contributed by atoms with Crippen LogP contribution in [-0.2, 0) is 22.4 Å². The van der Waals surface area contributed by atoms with Crippen molar-refractivity contribution in [1.82, 2.24) is 10.6 Å². The van der Waals surface area contributed by atoms with Gasteiger partial charge in [-0.15, -0.1) is 11.3 Å². The number of urea groups is 1. The molecule has 0 aliphatic heterocycles. The Balaban J connectivity index is 1.99. The molecular formula is C16H22N2O4S. The highest BCUT2D eigenvalue weighted by Gasteiger charge is 2.23. The van der Waals surface area contributed by atoms with E-state index < -0.39 is 24.0 Å². The largest absolute Gasteiger partial charge is 0.448 e. The average molecular weight is 338 g/mol. The molecule has 0 saturated heterocycles. The fourth-order valence-corrected chi connectivity index (χ4v) is 3.63. The second-order valence-corrected chi connectivity index (χ2v) is 6.73. The van der Waals surface area contributed by atoms with E-state index in [2.05, 4.69) is 10.6 Å².